The molecule has 3 rings (SSSR count). The molecule has 37 heavy (non-hydrogen) atoms. The SMILES string of the molecule is C=CCOC(=O)[C@@H]1O[C@@H](OC(=O)C(C)(C)Oc2ccc(C(=O)c3ccc(Cl)cc3)cc2)[C@@H](O)[C@@H](O)[C@@H]1O. The molecular formula is C26H27ClO10. The number of aliphatic hydroxyl groups is 3. The van der Waals surface area contributed by atoms with Crippen LogP contribution in [0.15, 0.2) is 61.2 Å². The molecule has 1 fully saturated rings. The van der Waals surface area contributed by atoms with Crippen LogP contribution in [-0.2, 0) is 23.8 Å². The average molecular weight is 535 g/mol. The first kappa shape index (κ1) is 28.3. The molecule has 198 valence electrons. The molecule has 11 heteroatoms. The Morgan fingerprint density at radius 2 is 1.54 bits per heavy atom. The summed E-state index contributed by atoms with van der Waals surface area (Å²) in [4.78, 5) is 37.6. The number of ketones is 1. The van der Waals surface area contributed by atoms with Crippen LogP contribution in [0.3, 0.4) is 0 Å². The molecule has 1 aliphatic heterocycles. The molecule has 1 heterocycles. The van der Waals surface area contributed by atoms with Gasteiger partial charge in [0.2, 0.25) is 6.29 Å². The van der Waals surface area contributed by atoms with Crippen molar-refractivity contribution in [2.24, 2.45) is 0 Å². The number of hydrogen-bond acceptors (Lipinski definition) is 10. The van der Waals surface area contributed by atoms with Gasteiger partial charge in [0.1, 0.15) is 30.7 Å². The molecule has 0 amide bonds. The number of halogens is 1. The van der Waals surface area contributed by atoms with Crippen molar-refractivity contribution in [1.29, 1.82) is 0 Å². The maximum Gasteiger partial charge on any atom is 0.352 e. The number of carbonyl (C=O) groups is 3. The van der Waals surface area contributed by atoms with Gasteiger partial charge in [0.15, 0.2) is 17.5 Å². The van der Waals surface area contributed by atoms with Gasteiger partial charge in [0.25, 0.3) is 0 Å². The lowest BCUT2D eigenvalue weighted by Gasteiger charge is -2.39. The Hall–Kier alpha value is -3.28. The third-order valence-electron chi connectivity index (χ3n) is 5.46. The van der Waals surface area contributed by atoms with Gasteiger partial charge >= 0.3 is 11.9 Å². The summed E-state index contributed by atoms with van der Waals surface area (Å²) >= 11 is 5.86. The van der Waals surface area contributed by atoms with E-state index in [1.165, 1.54) is 44.2 Å². The molecule has 0 saturated carbocycles. The molecule has 0 unspecified atom stereocenters. The van der Waals surface area contributed by atoms with E-state index in [1.807, 2.05) is 0 Å². The van der Waals surface area contributed by atoms with E-state index in [9.17, 15) is 29.7 Å². The fourth-order valence-electron chi connectivity index (χ4n) is 3.39. The van der Waals surface area contributed by atoms with Crippen LogP contribution in [0.25, 0.3) is 0 Å². The Morgan fingerprint density at radius 3 is 2.11 bits per heavy atom. The molecule has 2 aromatic carbocycles. The third kappa shape index (κ3) is 6.73. The number of rotatable bonds is 9. The Kier molecular flexibility index (Phi) is 9.06. The Morgan fingerprint density at radius 1 is 0.973 bits per heavy atom. The predicted molar refractivity (Wildman–Crippen MR) is 130 cm³/mol. The molecule has 1 aliphatic rings. The van der Waals surface area contributed by atoms with Crippen LogP contribution >= 0.6 is 11.6 Å². The van der Waals surface area contributed by atoms with Crippen LogP contribution < -0.4 is 4.74 Å². The van der Waals surface area contributed by atoms with E-state index in [2.05, 4.69) is 6.58 Å². The number of carbonyl (C=O) groups excluding carboxylic acids is 3. The smallest absolute Gasteiger partial charge is 0.352 e. The van der Waals surface area contributed by atoms with Gasteiger partial charge in [0, 0.05) is 16.1 Å². The van der Waals surface area contributed by atoms with Crippen LogP contribution in [0.4, 0.5) is 0 Å². The lowest BCUT2D eigenvalue weighted by atomic mass is 9.99. The van der Waals surface area contributed by atoms with Gasteiger partial charge in [-0.25, -0.2) is 9.59 Å². The Bertz CT molecular complexity index is 1130. The van der Waals surface area contributed by atoms with Crippen molar-refractivity contribution in [3.8, 4) is 5.75 Å². The summed E-state index contributed by atoms with van der Waals surface area (Å²) in [6.45, 7) is 5.99. The molecule has 2 aromatic rings. The van der Waals surface area contributed by atoms with Gasteiger partial charge in [-0.3, -0.25) is 4.79 Å². The number of esters is 2. The van der Waals surface area contributed by atoms with E-state index in [0.717, 1.165) is 0 Å². The van der Waals surface area contributed by atoms with Crippen molar-refractivity contribution in [1.82, 2.24) is 0 Å². The van der Waals surface area contributed by atoms with Crippen molar-refractivity contribution in [2.75, 3.05) is 6.61 Å². The van der Waals surface area contributed by atoms with Crippen molar-refractivity contribution in [2.45, 2.75) is 50.2 Å². The molecule has 0 aliphatic carbocycles. The maximum atomic E-state index is 12.8. The number of ether oxygens (including phenoxy) is 4. The summed E-state index contributed by atoms with van der Waals surface area (Å²) in [7, 11) is 0. The van der Waals surface area contributed by atoms with Crippen molar-refractivity contribution >= 4 is 29.3 Å². The van der Waals surface area contributed by atoms with Gasteiger partial charge < -0.3 is 34.3 Å². The zero-order valence-electron chi connectivity index (χ0n) is 20.1. The summed E-state index contributed by atoms with van der Waals surface area (Å²) in [5.74, 6) is -2.03. The van der Waals surface area contributed by atoms with Crippen molar-refractivity contribution < 1.29 is 48.7 Å². The number of hydrogen-bond donors (Lipinski definition) is 3. The summed E-state index contributed by atoms with van der Waals surface area (Å²) in [5.41, 5.74) is -0.785. The molecule has 0 radical (unpaired) electrons. The molecule has 0 spiro atoms. The van der Waals surface area contributed by atoms with Crippen molar-refractivity contribution in [3.63, 3.8) is 0 Å². The molecule has 0 aromatic heterocycles. The van der Waals surface area contributed by atoms with E-state index in [0.29, 0.717) is 16.1 Å². The van der Waals surface area contributed by atoms with Crippen LogP contribution in [0.5, 0.6) is 5.75 Å². The van der Waals surface area contributed by atoms with Crippen LogP contribution in [0, 0.1) is 0 Å². The first-order valence-electron chi connectivity index (χ1n) is 11.2. The second-order valence-corrected chi connectivity index (χ2v) is 9.13. The second kappa shape index (κ2) is 11.8. The van der Waals surface area contributed by atoms with Gasteiger partial charge in [0.05, 0.1) is 0 Å². The zero-order valence-corrected chi connectivity index (χ0v) is 20.8. The highest BCUT2D eigenvalue weighted by Crippen LogP contribution is 2.27. The topological polar surface area (TPSA) is 149 Å². The largest absolute Gasteiger partial charge is 0.476 e. The monoisotopic (exact) mass is 534 g/mol. The average Bonchev–Trinajstić information content (AvgIpc) is 2.87. The predicted octanol–water partition coefficient (Wildman–Crippen LogP) is 1.81. The highest BCUT2D eigenvalue weighted by atomic mass is 35.5. The lowest BCUT2D eigenvalue weighted by molar-refractivity contribution is -0.290. The zero-order chi connectivity index (χ0) is 27.3. The summed E-state index contributed by atoms with van der Waals surface area (Å²) in [5, 5.41) is 30.9. The summed E-state index contributed by atoms with van der Waals surface area (Å²) in [6, 6.07) is 12.5. The summed E-state index contributed by atoms with van der Waals surface area (Å²) < 4.78 is 20.9. The first-order valence-corrected chi connectivity index (χ1v) is 11.6. The molecule has 10 nitrogen and oxygen atoms in total. The van der Waals surface area contributed by atoms with Crippen LogP contribution in [0.1, 0.15) is 29.8 Å². The van der Waals surface area contributed by atoms with E-state index in [4.69, 9.17) is 30.5 Å². The molecular weight excluding hydrogens is 508 g/mol. The van der Waals surface area contributed by atoms with Gasteiger partial charge in [-0.1, -0.05) is 24.3 Å². The number of aliphatic hydroxyl groups excluding tert-OH is 3. The first-order chi connectivity index (χ1) is 17.4. The Balaban J connectivity index is 1.66. The minimum Gasteiger partial charge on any atom is -0.476 e. The minimum atomic E-state index is -1.86. The number of benzene rings is 2. The van der Waals surface area contributed by atoms with Crippen LogP contribution in [0.2, 0.25) is 5.02 Å². The normalized spacial score (nSPS) is 23.6. The fourth-order valence-corrected chi connectivity index (χ4v) is 3.52. The minimum absolute atomic E-state index is 0.181. The van der Waals surface area contributed by atoms with Crippen LogP contribution in [-0.4, -0.2) is 76.0 Å². The third-order valence-corrected chi connectivity index (χ3v) is 5.71. The van der Waals surface area contributed by atoms with E-state index < -0.39 is 48.2 Å². The van der Waals surface area contributed by atoms with Crippen molar-refractivity contribution in [3.05, 3.63) is 77.3 Å². The molecule has 5 atom stereocenters. The Labute approximate surface area is 218 Å². The van der Waals surface area contributed by atoms with Gasteiger partial charge in [-0.2, -0.15) is 0 Å². The molecule has 0 bridgehead atoms. The quantitative estimate of drug-likeness (QED) is 0.247. The fraction of sp³-hybridized carbons (Fsp3) is 0.346. The standard InChI is InChI=1S/C26H27ClO10/c1-4-13-34-23(32)22-20(30)19(29)21(31)24(35-22)36-25(33)26(2,3)37-17-11-7-15(8-12-17)18(28)14-5-9-16(27)10-6-14/h4-12,19-22,24,29-31H,1,13H2,2-3H3/t19-,20-,21-,22+,24-/m0/s1. The molecule has 3 N–H and O–H groups in total. The highest BCUT2D eigenvalue weighted by Gasteiger charge is 2.50. The van der Waals surface area contributed by atoms with Gasteiger partial charge in [-0.05, 0) is 62.4 Å². The maximum absolute atomic E-state index is 12.8. The molecule has 1 saturated heterocycles. The van der Waals surface area contributed by atoms with Gasteiger partial charge in [-0.15, -0.1) is 0 Å². The van der Waals surface area contributed by atoms with E-state index >= 15 is 0 Å². The van der Waals surface area contributed by atoms with E-state index in [1.54, 1.807) is 24.3 Å². The lowest BCUT2D eigenvalue weighted by Crippen LogP contribution is -2.61. The highest BCUT2D eigenvalue weighted by molar-refractivity contribution is 6.30. The second-order valence-electron chi connectivity index (χ2n) is 8.69. The summed E-state index contributed by atoms with van der Waals surface area (Å²) in [6.07, 6.45) is -7.75. The van der Waals surface area contributed by atoms with E-state index in [-0.39, 0.29) is 18.1 Å².